The Morgan fingerprint density at radius 3 is 2.55 bits per heavy atom. The molecule has 0 unspecified atom stereocenters. The van der Waals surface area contributed by atoms with Crippen LogP contribution in [0.3, 0.4) is 0 Å². The molecule has 0 aliphatic carbocycles. The summed E-state index contributed by atoms with van der Waals surface area (Å²) in [6, 6.07) is 4.75. The van der Waals surface area contributed by atoms with E-state index < -0.39 is 10.0 Å². The zero-order chi connectivity index (χ0) is 15.2. The first kappa shape index (κ1) is 17.4. The van der Waals surface area contributed by atoms with Gasteiger partial charge in [0.2, 0.25) is 10.0 Å². The molecule has 0 amide bonds. The summed E-state index contributed by atoms with van der Waals surface area (Å²) in [6.45, 7) is 3.32. The van der Waals surface area contributed by atoms with Crippen LogP contribution in [0.2, 0.25) is 0 Å². The second-order valence-electron chi connectivity index (χ2n) is 4.26. The molecule has 20 heavy (non-hydrogen) atoms. The van der Waals surface area contributed by atoms with Gasteiger partial charge < -0.3 is 9.47 Å². The molecule has 0 saturated carbocycles. The summed E-state index contributed by atoms with van der Waals surface area (Å²) in [5.41, 5.74) is 0. The van der Waals surface area contributed by atoms with Gasteiger partial charge in [0.1, 0.15) is 12.4 Å². The van der Waals surface area contributed by atoms with Crippen LogP contribution < -0.4 is 4.74 Å². The average molecular weight is 366 g/mol. The molecule has 1 aromatic rings. The largest absolute Gasteiger partial charge is 0.490 e. The second-order valence-corrected chi connectivity index (χ2v) is 7.16. The van der Waals surface area contributed by atoms with Gasteiger partial charge in [-0.05, 0) is 40.5 Å². The number of methoxy groups -OCH3 is 1. The van der Waals surface area contributed by atoms with Crippen LogP contribution in [-0.4, -0.2) is 46.6 Å². The molecule has 0 atom stereocenters. The van der Waals surface area contributed by atoms with Crippen molar-refractivity contribution in [2.75, 3.05) is 33.9 Å². The Labute approximate surface area is 129 Å². The van der Waals surface area contributed by atoms with Gasteiger partial charge in [0.05, 0.1) is 16.0 Å². The molecule has 114 valence electrons. The third kappa shape index (κ3) is 4.44. The van der Waals surface area contributed by atoms with Crippen LogP contribution in [0.1, 0.15) is 13.3 Å². The zero-order valence-electron chi connectivity index (χ0n) is 11.9. The zero-order valence-corrected chi connectivity index (χ0v) is 14.3. The topological polar surface area (TPSA) is 55.8 Å². The fraction of sp³-hybridized carbons (Fsp3) is 0.538. The standard InChI is InChI=1S/C13H20BrNO4S/c1-4-7-15(2)20(16,17)11-5-6-13(12(14)10-11)19-9-8-18-3/h5-6,10H,4,7-9H2,1-3H3. The van der Waals surface area contributed by atoms with E-state index in [0.717, 1.165) is 6.42 Å². The molecule has 0 spiro atoms. The van der Waals surface area contributed by atoms with E-state index in [4.69, 9.17) is 9.47 Å². The van der Waals surface area contributed by atoms with E-state index in [0.29, 0.717) is 30.0 Å². The number of benzene rings is 1. The summed E-state index contributed by atoms with van der Waals surface area (Å²) in [5.74, 6) is 0.596. The van der Waals surface area contributed by atoms with Crippen LogP contribution in [0.25, 0.3) is 0 Å². The third-order valence-corrected chi connectivity index (χ3v) is 5.17. The van der Waals surface area contributed by atoms with E-state index in [2.05, 4.69) is 15.9 Å². The maximum absolute atomic E-state index is 12.3. The predicted octanol–water partition coefficient (Wildman–Crippen LogP) is 2.50. The Hall–Kier alpha value is -0.630. The normalized spacial score (nSPS) is 11.8. The van der Waals surface area contributed by atoms with Gasteiger partial charge in [0.15, 0.2) is 0 Å². The van der Waals surface area contributed by atoms with Crippen LogP contribution >= 0.6 is 15.9 Å². The van der Waals surface area contributed by atoms with Crippen molar-refractivity contribution in [3.8, 4) is 5.75 Å². The Bertz CT molecular complexity index is 533. The molecule has 0 N–H and O–H groups in total. The van der Waals surface area contributed by atoms with Crippen molar-refractivity contribution in [2.45, 2.75) is 18.2 Å². The van der Waals surface area contributed by atoms with E-state index >= 15 is 0 Å². The number of halogens is 1. The van der Waals surface area contributed by atoms with Gasteiger partial charge in [-0.25, -0.2) is 12.7 Å². The number of rotatable bonds is 8. The summed E-state index contributed by atoms with van der Waals surface area (Å²) >= 11 is 3.33. The van der Waals surface area contributed by atoms with Crippen molar-refractivity contribution in [1.29, 1.82) is 0 Å². The van der Waals surface area contributed by atoms with Crippen LogP contribution in [0.4, 0.5) is 0 Å². The molecule has 1 aromatic carbocycles. The molecule has 0 saturated heterocycles. The molecule has 0 fully saturated rings. The highest BCUT2D eigenvalue weighted by Gasteiger charge is 2.21. The summed E-state index contributed by atoms with van der Waals surface area (Å²) < 4.78 is 36.9. The van der Waals surface area contributed by atoms with Crippen LogP contribution in [0, 0.1) is 0 Å². The van der Waals surface area contributed by atoms with Gasteiger partial charge >= 0.3 is 0 Å². The van der Waals surface area contributed by atoms with Gasteiger partial charge in [0.25, 0.3) is 0 Å². The summed E-state index contributed by atoms with van der Waals surface area (Å²) in [4.78, 5) is 0.249. The molecule has 1 rings (SSSR count). The highest BCUT2D eigenvalue weighted by molar-refractivity contribution is 9.10. The highest BCUT2D eigenvalue weighted by Crippen LogP contribution is 2.28. The van der Waals surface area contributed by atoms with Crippen molar-refractivity contribution in [3.05, 3.63) is 22.7 Å². The van der Waals surface area contributed by atoms with Gasteiger partial charge in [-0.2, -0.15) is 0 Å². The highest BCUT2D eigenvalue weighted by atomic mass is 79.9. The molecule has 7 heteroatoms. The summed E-state index contributed by atoms with van der Waals surface area (Å²) in [6.07, 6.45) is 0.773. The van der Waals surface area contributed by atoms with Crippen molar-refractivity contribution < 1.29 is 17.9 Å². The maximum Gasteiger partial charge on any atom is 0.242 e. The van der Waals surface area contributed by atoms with Gasteiger partial charge in [-0.15, -0.1) is 0 Å². The lowest BCUT2D eigenvalue weighted by Crippen LogP contribution is -2.27. The maximum atomic E-state index is 12.3. The summed E-state index contributed by atoms with van der Waals surface area (Å²) in [7, 11) is -0.268. The SMILES string of the molecule is CCCN(C)S(=O)(=O)c1ccc(OCCOC)c(Br)c1. The van der Waals surface area contributed by atoms with Gasteiger partial charge in [0, 0.05) is 20.7 Å². The van der Waals surface area contributed by atoms with E-state index in [1.807, 2.05) is 6.92 Å². The molecule has 0 aliphatic rings. The van der Waals surface area contributed by atoms with Gasteiger partial charge in [-0.3, -0.25) is 0 Å². The molecule has 0 bridgehead atoms. The number of ether oxygens (including phenoxy) is 2. The van der Waals surface area contributed by atoms with Crippen LogP contribution in [-0.2, 0) is 14.8 Å². The molecule has 0 radical (unpaired) electrons. The molecular weight excluding hydrogens is 346 g/mol. The van der Waals surface area contributed by atoms with Crippen molar-refractivity contribution in [1.82, 2.24) is 4.31 Å². The lowest BCUT2D eigenvalue weighted by atomic mass is 10.3. The fourth-order valence-electron chi connectivity index (χ4n) is 1.61. The second kappa shape index (κ2) is 7.97. The molecule has 0 aliphatic heterocycles. The molecule has 0 aromatic heterocycles. The third-order valence-electron chi connectivity index (χ3n) is 2.70. The average Bonchev–Trinajstić information content (AvgIpc) is 2.41. The Morgan fingerprint density at radius 2 is 2.00 bits per heavy atom. The smallest absolute Gasteiger partial charge is 0.242 e. The minimum Gasteiger partial charge on any atom is -0.490 e. The molecular formula is C13H20BrNO4S. The monoisotopic (exact) mass is 365 g/mol. The van der Waals surface area contributed by atoms with Crippen LogP contribution in [0.15, 0.2) is 27.6 Å². The lowest BCUT2D eigenvalue weighted by molar-refractivity contribution is 0.146. The van der Waals surface area contributed by atoms with E-state index in [1.165, 1.54) is 4.31 Å². The Morgan fingerprint density at radius 1 is 1.30 bits per heavy atom. The van der Waals surface area contributed by atoms with E-state index in [1.54, 1.807) is 32.4 Å². The number of hydrogen-bond donors (Lipinski definition) is 0. The van der Waals surface area contributed by atoms with Crippen molar-refractivity contribution in [2.24, 2.45) is 0 Å². The first-order chi connectivity index (χ1) is 9.43. The minimum atomic E-state index is -3.44. The van der Waals surface area contributed by atoms with E-state index in [9.17, 15) is 8.42 Å². The Kier molecular flexibility index (Phi) is 6.94. The first-order valence-electron chi connectivity index (χ1n) is 6.31. The first-order valence-corrected chi connectivity index (χ1v) is 8.54. The predicted molar refractivity (Wildman–Crippen MR) is 81.6 cm³/mol. The number of nitrogens with zero attached hydrogens (tertiary/aromatic N) is 1. The number of hydrogen-bond acceptors (Lipinski definition) is 4. The van der Waals surface area contributed by atoms with Crippen LogP contribution in [0.5, 0.6) is 5.75 Å². The fourth-order valence-corrected chi connectivity index (χ4v) is 3.54. The lowest BCUT2D eigenvalue weighted by Gasteiger charge is -2.17. The Balaban J connectivity index is 2.91. The van der Waals surface area contributed by atoms with Gasteiger partial charge in [-0.1, -0.05) is 6.92 Å². The van der Waals surface area contributed by atoms with E-state index in [-0.39, 0.29) is 4.90 Å². The number of sulfonamides is 1. The summed E-state index contributed by atoms with van der Waals surface area (Å²) in [5, 5.41) is 0. The van der Waals surface area contributed by atoms with Crippen molar-refractivity contribution in [3.63, 3.8) is 0 Å². The minimum absolute atomic E-state index is 0.249. The molecule has 5 nitrogen and oxygen atoms in total. The van der Waals surface area contributed by atoms with Crippen molar-refractivity contribution >= 4 is 26.0 Å². The quantitative estimate of drug-likeness (QED) is 0.664. The molecule has 0 heterocycles.